The first-order chi connectivity index (χ1) is 9.92. The number of benzene rings is 2. The van der Waals surface area contributed by atoms with Crippen molar-refractivity contribution in [1.29, 1.82) is 0 Å². The molecule has 0 aliphatic heterocycles. The van der Waals surface area contributed by atoms with Gasteiger partial charge < -0.3 is 5.32 Å². The summed E-state index contributed by atoms with van der Waals surface area (Å²) in [6.07, 6.45) is 0.579. The Bertz CT molecular complexity index is 655. The number of hydrogen-bond acceptors (Lipinski definition) is 1. The van der Waals surface area contributed by atoms with Crippen LogP contribution in [0.15, 0.2) is 30.3 Å². The topological polar surface area (TPSA) is 12.0 Å². The first-order valence-electron chi connectivity index (χ1n) is 6.80. The minimum Gasteiger partial charge on any atom is -0.313 e. The molecule has 0 spiro atoms. The molecule has 2 rings (SSSR count). The van der Waals surface area contributed by atoms with E-state index in [9.17, 15) is 8.78 Å². The molecule has 1 atom stereocenters. The molecular formula is C17H18ClF2N. The van der Waals surface area contributed by atoms with Crippen LogP contribution in [0.25, 0.3) is 0 Å². The third kappa shape index (κ3) is 3.60. The molecule has 0 aliphatic rings. The van der Waals surface area contributed by atoms with Crippen LogP contribution in [-0.4, -0.2) is 7.05 Å². The van der Waals surface area contributed by atoms with Gasteiger partial charge in [0.25, 0.3) is 0 Å². The van der Waals surface area contributed by atoms with Gasteiger partial charge in [-0.2, -0.15) is 0 Å². The van der Waals surface area contributed by atoms with E-state index in [1.54, 1.807) is 7.05 Å². The van der Waals surface area contributed by atoms with Crippen molar-refractivity contribution in [3.63, 3.8) is 0 Å². The van der Waals surface area contributed by atoms with Crippen molar-refractivity contribution in [2.24, 2.45) is 0 Å². The number of aryl methyl sites for hydroxylation is 2. The van der Waals surface area contributed by atoms with Gasteiger partial charge in [0.15, 0.2) is 0 Å². The zero-order valence-electron chi connectivity index (χ0n) is 12.3. The second-order valence-electron chi connectivity index (χ2n) is 5.25. The fourth-order valence-corrected chi connectivity index (χ4v) is 2.49. The van der Waals surface area contributed by atoms with Crippen molar-refractivity contribution in [3.8, 4) is 0 Å². The maximum Gasteiger partial charge on any atom is 0.142 e. The summed E-state index contributed by atoms with van der Waals surface area (Å²) in [4.78, 5) is 0. The zero-order valence-corrected chi connectivity index (χ0v) is 13.1. The lowest BCUT2D eigenvalue weighted by molar-refractivity contribution is 0.523. The van der Waals surface area contributed by atoms with E-state index >= 15 is 0 Å². The zero-order chi connectivity index (χ0) is 15.6. The minimum absolute atomic E-state index is 0.197. The van der Waals surface area contributed by atoms with Gasteiger partial charge in [0.1, 0.15) is 11.6 Å². The Labute approximate surface area is 128 Å². The van der Waals surface area contributed by atoms with Gasteiger partial charge >= 0.3 is 0 Å². The predicted octanol–water partition coefficient (Wildman–Crippen LogP) is 4.74. The molecule has 4 heteroatoms. The van der Waals surface area contributed by atoms with E-state index in [1.807, 2.05) is 26.0 Å². The van der Waals surface area contributed by atoms with Gasteiger partial charge in [-0.3, -0.25) is 0 Å². The van der Waals surface area contributed by atoms with Gasteiger partial charge in [0, 0.05) is 11.6 Å². The van der Waals surface area contributed by atoms with Crippen LogP contribution in [0.4, 0.5) is 8.78 Å². The normalized spacial score (nSPS) is 12.5. The monoisotopic (exact) mass is 309 g/mol. The van der Waals surface area contributed by atoms with E-state index in [0.29, 0.717) is 6.42 Å². The average molecular weight is 310 g/mol. The maximum absolute atomic E-state index is 14.0. The van der Waals surface area contributed by atoms with Gasteiger partial charge in [0.2, 0.25) is 0 Å². The highest BCUT2D eigenvalue weighted by atomic mass is 35.5. The summed E-state index contributed by atoms with van der Waals surface area (Å²) in [7, 11) is 1.73. The molecule has 0 bridgehead atoms. The fraction of sp³-hybridized carbons (Fsp3) is 0.294. The Balaban J connectivity index is 2.31. The highest BCUT2D eigenvalue weighted by Crippen LogP contribution is 2.26. The molecule has 0 saturated heterocycles. The Morgan fingerprint density at radius 1 is 1.05 bits per heavy atom. The quantitative estimate of drug-likeness (QED) is 0.805. The number of likely N-dealkylation sites (N-methyl/N-ethyl adjacent to an activating group) is 1. The number of rotatable bonds is 4. The smallest absolute Gasteiger partial charge is 0.142 e. The second kappa shape index (κ2) is 6.54. The molecule has 0 heterocycles. The molecule has 1 unspecified atom stereocenters. The van der Waals surface area contributed by atoms with Gasteiger partial charge in [-0.15, -0.1) is 0 Å². The van der Waals surface area contributed by atoms with Crippen molar-refractivity contribution in [2.45, 2.75) is 26.3 Å². The number of halogens is 3. The minimum atomic E-state index is -0.603. The SMILES string of the molecule is CNC(Cc1ccc(C)c(C)c1)c1cc(F)c(Cl)cc1F. The summed E-state index contributed by atoms with van der Waals surface area (Å²) in [5.74, 6) is -1.10. The molecule has 2 aromatic rings. The molecule has 0 aromatic heterocycles. The Kier molecular flexibility index (Phi) is 4.96. The van der Waals surface area contributed by atoms with E-state index < -0.39 is 11.6 Å². The van der Waals surface area contributed by atoms with Crippen LogP contribution in [-0.2, 0) is 6.42 Å². The lowest BCUT2D eigenvalue weighted by atomic mass is 9.96. The van der Waals surface area contributed by atoms with Crippen LogP contribution in [0.1, 0.15) is 28.3 Å². The number of nitrogens with one attached hydrogen (secondary N) is 1. The highest BCUT2D eigenvalue weighted by Gasteiger charge is 2.17. The molecule has 0 aliphatic carbocycles. The second-order valence-corrected chi connectivity index (χ2v) is 5.66. The van der Waals surface area contributed by atoms with E-state index in [2.05, 4.69) is 11.4 Å². The predicted molar refractivity (Wildman–Crippen MR) is 82.8 cm³/mol. The molecular weight excluding hydrogens is 292 g/mol. The van der Waals surface area contributed by atoms with E-state index in [1.165, 1.54) is 17.2 Å². The summed E-state index contributed by atoms with van der Waals surface area (Å²) in [5.41, 5.74) is 3.76. The molecule has 1 nitrogen and oxygen atoms in total. The third-order valence-electron chi connectivity index (χ3n) is 3.77. The lowest BCUT2D eigenvalue weighted by Gasteiger charge is -2.18. The molecule has 21 heavy (non-hydrogen) atoms. The largest absolute Gasteiger partial charge is 0.313 e. The maximum atomic E-state index is 14.0. The van der Waals surface area contributed by atoms with Crippen LogP contribution in [0, 0.1) is 25.5 Å². The van der Waals surface area contributed by atoms with Crippen molar-refractivity contribution in [1.82, 2.24) is 5.32 Å². The first kappa shape index (κ1) is 15.9. The van der Waals surface area contributed by atoms with E-state index in [0.717, 1.165) is 11.6 Å². The molecule has 0 radical (unpaired) electrons. The fourth-order valence-electron chi connectivity index (χ4n) is 2.34. The molecule has 1 N–H and O–H groups in total. The third-order valence-corrected chi connectivity index (χ3v) is 4.06. The van der Waals surface area contributed by atoms with Gasteiger partial charge in [-0.25, -0.2) is 8.78 Å². The Morgan fingerprint density at radius 2 is 1.76 bits per heavy atom. The summed E-state index contributed by atoms with van der Waals surface area (Å²) in [6, 6.07) is 8.01. The summed E-state index contributed by atoms with van der Waals surface area (Å²) in [5, 5.41) is 2.84. The molecule has 0 saturated carbocycles. The van der Waals surface area contributed by atoms with Gasteiger partial charge in [0.05, 0.1) is 5.02 Å². The number of hydrogen-bond donors (Lipinski definition) is 1. The van der Waals surface area contributed by atoms with E-state index in [-0.39, 0.29) is 16.6 Å². The van der Waals surface area contributed by atoms with Crippen molar-refractivity contribution in [2.75, 3.05) is 7.05 Å². The van der Waals surface area contributed by atoms with Crippen LogP contribution >= 0.6 is 11.6 Å². The van der Waals surface area contributed by atoms with Crippen LogP contribution in [0.5, 0.6) is 0 Å². The molecule has 0 amide bonds. The highest BCUT2D eigenvalue weighted by molar-refractivity contribution is 6.30. The van der Waals surface area contributed by atoms with E-state index in [4.69, 9.17) is 11.6 Å². The Hall–Kier alpha value is -1.45. The average Bonchev–Trinajstić information content (AvgIpc) is 2.44. The summed E-state index contributed by atoms with van der Waals surface area (Å²) in [6.45, 7) is 4.08. The summed E-state index contributed by atoms with van der Waals surface area (Å²) >= 11 is 5.60. The molecule has 2 aromatic carbocycles. The van der Waals surface area contributed by atoms with Crippen molar-refractivity contribution < 1.29 is 8.78 Å². The lowest BCUT2D eigenvalue weighted by Crippen LogP contribution is -2.20. The van der Waals surface area contributed by atoms with Crippen LogP contribution in [0.3, 0.4) is 0 Å². The van der Waals surface area contributed by atoms with Crippen molar-refractivity contribution in [3.05, 3.63) is 69.2 Å². The van der Waals surface area contributed by atoms with Gasteiger partial charge in [-0.05, 0) is 56.1 Å². The van der Waals surface area contributed by atoms with Gasteiger partial charge in [-0.1, -0.05) is 29.8 Å². The van der Waals surface area contributed by atoms with Crippen molar-refractivity contribution >= 4 is 11.6 Å². The molecule has 0 fully saturated rings. The van der Waals surface area contributed by atoms with Crippen LogP contribution in [0.2, 0.25) is 5.02 Å². The molecule has 112 valence electrons. The standard InChI is InChI=1S/C17H18ClF2N/c1-10-4-5-12(6-11(10)2)7-17(21-3)13-8-16(20)14(18)9-15(13)19/h4-6,8-9,17,21H,7H2,1-3H3. The Morgan fingerprint density at radius 3 is 2.38 bits per heavy atom. The van der Waals surface area contributed by atoms with Crippen LogP contribution < -0.4 is 5.32 Å². The first-order valence-corrected chi connectivity index (χ1v) is 7.18. The summed E-state index contributed by atoms with van der Waals surface area (Å²) < 4.78 is 27.6.